The van der Waals surface area contributed by atoms with Crippen molar-refractivity contribution in [3.8, 4) is 51.6 Å². The molecule has 1 aliphatic heterocycles. The Bertz CT molecular complexity index is 1620. The smallest absolute Gasteiger partial charge is 0.239 e. The van der Waals surface area contributed by atoms with Crippen LogP contribution in [0.5, 0.6) is 40.2 Å². The largest absolute Gasteiger partial charge is 0.508 e. The number of fused-ring (bicyclic) bond motifs is 1. The molecule has 0 saturated carbocycles. The number of phenols is 6. The van der Waals surface area contributed by atoms with Gasteiger partial charge in [0.1, 0.15) is 46.5 Å². The molecule has 5 rings (SSSR count). The van der Waals surface area contributed by atoms with Crippen molar-refractivity contribution in [3.63, 3.8) is 0 Å². The summed E-state index contributed by atoms with van der Waals surface area (Å²) in [5, 5.41) is 80.3. The van der Waals surface area contributed by atoms with Crippen molar-refractivity contribution in [3.05, 3.63) is 64.3 Å². The van der Waals surface area contributed by atoms with E-state index in [9.17, 15) is 45.6 Å². The van der Waals surface area contributed by atoms with Gasteiger partial charge in [-0.05, 0) is 48.9 Å². The standard InChI is InChI=1S/C28H26O13/c1-11-21(34)24(37)27(38-10-12-6-17(32)22(35)18(33)7-12)28(39-11)41-26-23(36)20-16(31)8-15(30)9-19(20)40-25(26)13-2-4-14(29)5-3-13/h2-9,11,21,24,27-35,37H,10H2,1H3. The van der Waals surface area contributed by atoms with Crippen LogP contribution in [0.4, 0.5) is 0 Å². The monoisotopic (exact) mass is 570 g/mol. The first-order chi connectivity index (χ1) is 19.4. The minimum atomic E-state index is -1.60. The normalized spacial score (nSPS) is 22.6. The zero-order chi connectivity index (χ0) is 29.6. The van der Waals surface area contributed by atoms with Crippen LogP contribution in [0.15, 0.2) is 57.7 Å². The Kier molecular flexibility index (Phi) is 7.28. The number of aromatic hydroxyl groups is 6. The fourth-order valence-corrected chi connectivity index (χ4v) is 4.51. The fraction of sp³-hybridized carbons (Fsp3) is 0.250. The van der Waals surface area contributed by atoms with Crippen LogP contribution in [-0.2, 0) is 16.1 Å². The third kappa shape index (κ3) is 5.26. The van der Waals surface area contributed by atoms with E-state index in [0.717, 1.165) is 24.3 Å². The van der Waals surface area contributed by atoms with E-state index in [-0.39, 0.29) is 46.0 Å². The highest BCUT2D eigenvalue weighted by molar-refractivity contribution is 5.88. The van der Waals surface area contributed by atoms with Gasteiger partial charge in [0, 0.05) is 17.7 Å². The fourth-order valence-electron chi connectivity index (χ4n) is 4.51. The molecule has 2 heterocycles. The van der Waals surface area contributed by atoms with E-state index in [0.29, 0.717) is 0 Å². The Hall–Kier alpha value is -4.69. The van der Waals surface area contributed by atoms with Gasteiger partial charge in [-0.1, -0.05) is 0 Å². The van der Waals surface area contributed by atoms with Gasteiger partial charge < -0.3 is 59.5 Å². The first kappa shape index (κ1) is 27.9. The van der Waals surface area contributed by atoms with Gasteiger partial charge in [-0.25, -0.2) is 0 Å². The number of benzene rings is 3. The third-order valence-electron chi connectivity index (χ3n) is 6.64. The lowest BCUT2D eigenvalue weighted by Gasteiger charge is -2.41. The van der Waals surface area contributed by atoms with Crippen molar-refractivity contribution in [2.45, 2.75) is 44.2 Å². The molecule has 1 saturated heterocycles. The van der Waals surface area contributed by atoms with Crippen molar-refractivity contribution in [1.29, 1.82) is 0 Å². The van der Waals surface area contributed by atoms with Gasteiger partial charge in [-0.3, -0.25) is 4.79 Å². The van der Waals surface area contributed by atoms with Crippen LogP contribution in [0.25, 0.3) is 22.3 Å². The molecule has 4 aromatic rings. The molecule has 5 atom stereocenters. The molecule has 13 nitrogen and oxygen atoms in total. The van der Waals surface area contributed by atoms with Gasteiger partial charge in [0.05, 0.1) is 12.7 Å². The molecular weight excluding hydrogens is 544 g/mol. The van der Waals surface area contributed by atoms with E-state index in [4.69, 9.17) is 18.6 Å². The molecule has 0 spiro atoms. The zero-order valence-electron chi connectivity index (χ0n) is 21.3. The lowest BCUT2D eigenvalue weighted by Crippen LogP contribution is -2.59. The highest BCUT2D eigenvalue weighted by atomic mass is 16.7. The number of hydrogen-bond donors (Lipinski definition) is 8. The van der Waals surface area contributed by atoms with E-state index in [1.807, 2.05) is 0 Å². The first-order valence-corrected chi connectivity index (χ1v) is 12.3. The van der Waals surface area contributed by atoms with Crippen molar-refractivity contribution in [2.24, 2.45) is 0 Å². The highest BCUT2D eigenvalue weighted by Crippen LogP contribution is 2.39. The molecule has 5 unspecified atom stereocenters. The summed E-state index contributed by atoms with van der Waals surface area (Å²) >= 11 is 0. The summed E-state index contributed by atoms with van der Waals surface area (Å²) in [6.45, 7) is 1.08. The minimum Gasteiger partial charge on any atom is -0.508 e. The van der Waals surface area contributed by atoms with Gasteiger partial charge in [-0.15, -0.1) is 0 Å². The van der Waals surface area contributed by atoms with Gasteiger partial charge in [0.25, 0.3) is 0 Å². The second-order valence-electron chi connectivity index (χ2n) is 9.54. The molecule has 0 radical (unpaired) electrons. The molecule has 216 valence electrons. The molecule has 3 aromatic carbocycles. The SMILES string of the molecule is CC1OC(Oc2c(-c3ccc(O)cc3)oc3cc(O)cc(O)c3c2=O)C(OCc2cc(O)c(O)c(O)c2)C(O)C1O. The topological polar surface area (TPSA) is 220 Å². The number of rotatable bonds is 6. The summed E-state index contributed by atoms with van der Waals surface area (Å²) in [6.07, 6.45) is -7.02. The number of aliphatic hydroxyl groups excluding tert-OH is 2. The Morgan fingerprint density at radius 1 is 0.829 bits per heavy atom. The molecule has 1 fully saturated rings. The average molecular weight is 571 g/mol. The van der Waals surface area contributed by atoms with Crippen LogP contribution in [0.2, 0.25) is 0 Å². The first-order valence-electron chi connectivity index (χ1n) is 12.3. The molecule has 1 aromatic heterocycles. The Morgan fingerprint density at radius 3 is 2.15 bits per heavy atom. The summed E-state index contributed by atoms with van der Waals surface area (Å²) in [7, 11) is 0. The number of aliphatic hydroxyl groups is 2. The minimum absolute atomic E-state index is 0.0732. The maximum atomic E-state index is 13.7. The van der Waals surface area contributed by atoms with E-state index >= 15 is 0 Å². The van der Waals surface area contributed by atoms with E-state index in [2.05, 4.69) is 0 Å². The van der Waals surface area contributed by atoms with Crippen molar-refractivity contribution >= 4 is 11.0 Å². The van der Waals surface area contributed by atoms with Gasteiger partial charge in [0.15, 0.2) is 23.0 Å². The molecule has 13 heteroatoms. The number of ether oxygens (including phenoxy) is 3. The highest BCUT2D eigenvalue weighted by Gasteiger charge is 2.45. The van der Waals surface area contributed by atoms with Crippen molar-refractivity contribution in [2.75, 3.05) is 0 Å². The molecule has 8 N–H and O–H groups in total. The van der Waals surface area contributed by atoms with Crippen molar-refractivity contribution in [1.82, 2.24) is 0 Å². The molecule has 0 aliphatic carbocycles. The van der Waals surface area contributed by atoms with Crippen LogP contribution >= 0.6 is 0 Å². The van der Waals surface area contributed by atoms with Gasteiger partial charge >= 0.3 is 0 Å². The van der Waals surface area contributed by atoms with Crippen LogP contribution in [0.1, 0.15) is 12.5 Å². The van der Waals surface area contributed by atoms with Crippen LogP contribution in [-0.4, -0.2) is 71.6 Å². The van der Waals surface area contributed by atoms with Crippen LogP contribution in [0, 0.1) is 0 Å². The molecule has 1 aliphatic rings. The number of phenolic OH excluding ortho intramolecular Hbond substituents is 6. The van der Waals surface area contributed by atoms with Gasteiger partial charge in [-0.2, -0.15) is 0 Å². The predicted octanol–water partition coefficient (Wildman–Crippen LogP) is 2.12. The summed E-state index contributed by atoms with van der Waals surface area (Å²) in [4.78, 5) is 13.7. The third-order valence-corrected chi connectivity index (χ3v) is 6.64. The summed E-state index contributed by atoms with van der Waals surface area (Å²) in [5.74, 6) is -3.66. The summed E-state index contributed by atoms with van der Waals surface area (Å²) in [6, 6.07) is 9.80. The van der Waals surface area contributed by atoms with E-state index in [1.54, 1.807) is 0 Å². The Morgan fingerprint density at radius 2 is 1.49 bits per heavy atom. The predicted molar refractivity (Wildman–Crippen MR) is 140 cm³/mol. The molecule has 0 amide bonds. The molecular formula is C28H26O13. The van der Waals surface area contributed by atoms with Crippen LogP contribution < -0.4 is 10.2 Å². The summed E-state index contributed by atoms with van der Waals surface area (Å²) in [5.41, 5.74) is -0.597. The maximum Gasteiger partial charge on any atom is 0.239 e. The lowest BCUT2D eigenvalue weighted by molar-refractivity contribution is -0.281. The Balaban J connectivity index is 1.57. The quantitative estimate of drug-likeness (QED) is 0.156. The lowest BCUT2D eigenvalue weighted by atomic mass is 9.99. The second-order valence-corrected chi connectivity index (χ2v) is 9.54. The molecule has 41 heavy (non-hydrogen) atoms. The van der Waals surface area contributed by atoms with E-state index < -0.39 is 64.9 Å². The van der Waals surface area contributed by atoms with Crippen LogP contribution in [0.3, 0.4) is 0 Å². The van der Waals surface area contributed by atoms with Crippen molar-refractivity contribution < 1.29 is 59.5 Å². The summed E-state index contributed by atoms with van der Waals surface area (Å²) < 4.78 is 23.3. The zero-order valence-corrected chi connectivity index (χ0v) is 21.3. The average Bonchev–Trinajstić information content (AvgIpc) is 2.91. The van der Waals surface area contributed by atoms with Gasteiger partial charge in [0.2, 0.25) is 17.5 Å². The molecule has 0 bridgehead atoms. The Labute approximate surface area is 230 Å². The second kappa shape index (κ2) is 10.7. The maximum absolute atomic E-state index is 13.7. The number of hydrogen-bond acceptors (Lipinski definition) is 13. The van der Waals surface area contributed by atoms with E-state index in [1.165, 1.54) is 31.2 Å².